The number of nitrogens with zero attached hydrogens (tertiary/aromatic N) is 1. The Bertz CT molecular complexity index is 409. The zero-order chi connectivity index (χ0) is 13.5. The van der Waals surface area contributed by atoms with Crippen molar-refractivity contribution in [3.8, 4) is 0 Å². The summed E-state index contributed by atoms with van der Waals surface area (Å²) in [5.41, 5.74) is 0.115. The lowest BCUT2D eigenvalue weighted by molar-refractivity contribution is -0.385. The maximum absolute atomic E-state index is 13.4. The molecule has 1 unspecified atom stereocenters. The van der Waals surface area contributed by atoms with E-state index in [0.717, 1.165) is 25.0 Å². The molecule has 1 atom stereocenters. The van der Waals surface area contributed by atoms with E-state index >= 15 is 0 Å². The number of nitro groups is 1. The lowest BCUT2D eigenvalue weighted by atomic mass is 10.1. The Labute approximate surface area is 106 Å². The van der Waals surface area contributed by atoms with Crippen molar-refractivity contribution in [3.63, 3.8) is 0 Å². The van der Waals surface area contributed by atoms with Crippen LogP contribution >= 0.6 is 0 Å². The van der Waals surface area contributed by atoms with Gasteiger partial charge in [0.1, 0.15) is 5.82 Å². The second kappa shape index (κ2) is 7.06. The minimum Gasteiger partial charge on any atom is -0.376 e. The smallest absolute Gasteiger partial charge is 0.269 e. The van der Waals surface area contributed by atoms with Crippen LogP contribution in [0.2, 0.25) is 0 Å². The Morgan fingerprint density at radius 3 is 2.83 bits per heavy atom. The van der Waals surface area contributed by atoms with Crippen LogP contribution in [0.5, 0.6) is 0 Å². The van der Waals surface area contributed by atoms with Gasteiger partial charge in [-0.1, -0.05) is 20.3 Å². The third kappa shape index (κ3) is 4.41. The Balaban J connectivity index is 2.56. The van der Waals surface area contributed by atoms with Crippen LogP contribution in [0.4, 0.5) is 10.1 Å². The van der Waals surface area contributed by atoms with E-state index < -0.39 is 10.7 Å². The first kappa shape index (κ1) is 14.6. The van der Waals surface area contributed by atoms with Gasteiger partial charge in [-0.15, -0.1) is 0 Å². The molecule has 0 saturated carbocycles. The molecule has 0 spiro atoms. The number of hydrogen-bond acceptors (Lipinski definition) is 3. The maximum atomic E-state index is 13.4. The average molecular weight is 255 g/mol. The predicted octanol–water partition coefficient (Wildman–Crippen LogP) is 3.69. The Morgan fingerprint density at radius 2 is 2.22 bits per heavy atom. The predicted molar refractivity (Wildman–Crippen MR) is 66.8 cm³/mol. The summed E-state index contributed by atoms with van der Waals surface area (Å²) in [6.45, 7) is 4.77. The van der Waals surface area contributed by atoms with Crippen molar-refractivity contribution in [3.05, 3.63) is 39.7 Å². The van der Waals surface area contributed by atoms with Gasteiger partial charge in [-0.25, -0.2) is 4.39 Å². The van der Waals surface area contributed by atoms with E-state index in [2.05, 4.69) is 13.8 Å². The van der Waals surface area contributed by atoms with Gasteiger partial charge < -0.3 is 4.74 Å². The van der Waals surface area contributed by atoms with Crippen molar-refractivity contribution in [1.29, 1.82) is 0 Å². The average Bonchev–Trinajstić information content (AvgIpc) is 2.31. The van der Waals surface area contributed by atoms with Crippen LogP contribution in [0.15, 0.2) is 18.2 Å². The van der Waals surface area contributed by atoms with Gasteiger partial charge in [-0.05, 0) is 18.4 Å². The van der Waals surface area contributed by atoms with Crippen LogP contribution in [0.1, 0.15) is 32.3 Å². The van der Waals surface area contributed by atoms with Crippen LogP contribution in [-0.2, 0) is 11.3 Å². The van der Waals surface area contributed by atoms with Crippen LogP contribution in [-0.4, -0.2) is 11.5 Å². The molecule has 0 N–H and O–H groups in total. The highest BCUT2D eigenvalue weighted by molar-refractivity contribution is 5.34. The molecule has 1 aromatic rings. The van der Waals surface area contributed by atoms with Gasteiger partial charge in [0.15, 0.2) is 0 Å². The molecule has 0 aliphatic rings. The number of benzene rings is 1. The summed E-state index contributed by atoms with van der Waals surface area (Å²) in [4.78, 5) is 10.0. The second-order valence-electron chi connectivity index (χ2n) is 4.44. The normalized spacial score (nSPS) is 12.4. The zero-order valence-corrected chi connectivity index (χ0v) is 10.7. The van der Waals surface area contributed by atoms with E-state index in [1.165, 1.54) is 6.07 Å². The fourth-order valence-corrected chi connectivity index (χ4v) is 1.73. The molecule has 5 heteroatoms. The Kier molecular flexibility index (Phi) is 5.71. The number of ether oxygens (including phenoxy) is 1. The fraction of sp³-hybridized carbons (Fsp3) is 0.538. The molecule has 100 valence electrons. The lowest BCUT2D eigenvalue weighted by Gasteiger charge is -2.11. The fourth-order valence-electron chi connectivity index (χ4n) is 1.73. The summed E-state index contributed by atoms with van der Waals surface area (Å²) >= 11 is 0. The monoisotopic (exact) mass is 255 g/mol. The zero-order valence-electron chi connectivity index (χ0n) is 10.7. The molecule has 4 nitrogen and oxygen atoms in total. The molecular weight excluding hydrogens is 237 g/mol. The summed E-state index contributed by atoms with van der Waals surface area (Å²) in [5, 5.41) is 10.6. The molecule has 0 aliphatic carbocycles. The van der Waals surface area contributed by atoms with E-state index in [4.69, 9.17) is 4.74 Å². The van der Waals surface area contributed by atoms with Crippen molar-refractivity contribution in [1.82, 2.24) is 0 Å². The molecule has 0 bridgehead atoms. The number of halogens is 1. The van der Waals surface area contributed by atoms with Gasteiger partial charge >= 0.3 is 0 Å². The standard InChI is InChI=1S/C13H18FNO3/c1-3-4-10(2)8-18-9-11-7-12(15(16)17)5-6-13(11)14/h5-7,10H,3-4,8-9H2,1-2H3. The highest BCUT2D eigenvalue weighted by Crippen LogP contribution is 2.18. The molecule has 0 aromatic heterocycles. The van der Waals surface area contributed by atoms with Crippen molar-refractivity contribution in [2.45, 2.75) is 33.3 Å². The maximum Gasteiger partial charge on any atom is 0.269 e. The van der Waals surface area contributed by atoms with Gasteiger partial charge in [-0.3, -0.25) is 10.1 Å². The van der Waals surface area contributed by atoms with E-state index in [1.54, 1.807) is 0 Å². The first-order valence-corrected chi connectivity index (χ1v) is 6.05. The highest BCUT2D eigenvalue weighted by Gasteiger charge is 2.11. The van der Waals surface area contributed by atoms with Crippen LogP contribution in [0.3, 0.4) is 0 Å². The summed E-state index contributed by atoms with van der Waals surface area (Å²) in [6.07, 6.45) is 2.13. The van der Waals surface area contributed by atoms with Gasteiger partial charge in [0.05, 0.1) is 11.5 Å². The molecular formula is C13H18FNO3. The summed E-state index contributed by atoms with van der Waals surface area (Å²) < 4.78 is 18.8. The molecule has 0 radical (unpaired) electrons. The van der Waals surface area contributed by atoms with E-state index in [9.17, 15) is 14.5 Å². The summed E-state index contributed by atoms with van der Waals surface area (Å²) in [7, 11) is 0. The Hall–Kier alpha value is -1.49. The van der Waals surface area contributed by atoms with E-state index in [0.29, 0.717) is 12.5 Å². The van der Waals surface area contributed by atoms with Crippen molar-refractivity contribution in [2.75, 3.05) is 6.61 Å². The van der Waals surface area contributed by atoms with Gasteiger partial charge in [0.2, 0.25) is 0 Å². The molecule has 0 saturated heterocycles. The minimum atomic E-state index is -0.539. The van der Waals surface area contributed by atoms with E-state index in [-0.39, 0.29) is 17.9 Å². The SMILES string of the molecule is CCCC(C)COCc1cc([N+](=O)[O-])ccc1F. The topological polar surface area (TPSA) is 52.4 Å². The third-order valence-electron chi connectivity index (χ3n) is 2.68. The number of nitro benzene ring substituents is 1. The third-order valence-corrected chi connectivity index (χ3v) is 2.68. The van der Waals surface area contributed by atoms with Gasteiger partial charge in [0.25, 0.3) is 5.69 Å². The van der Waals surface area contributed by atoms with Crippen LogP contribution < -0.4 is 0 Å². The summed E-state index contributed by atoms with van der Waals surface area (Å²) in [6, 6.07) is 3.48. The molecule has 0 aliphatic heterocycles. The van der Waals surface area contributed by atoms with Gasteiger partial charge in [-0.2, -0.15) is 0 Å². The minimum absolute atomic E-state index is 0.0710. The quantitative estimate of drug-likeness (QED) is 0.551. The van der Waals surface area contributed by atoms with Crippen LogP contribution in [0.25, 0.3) is 0 Å². The largest absolute Gasteiger partial charge is 0.376 e. The Morgan fingerprint density at radius 1 is 1.50 bits per heavy atom. The van der Waals surface area contributed by atoms with Gasteiger partial charge in [0, 0.05) is 24.3 Å². The molecule has 1 rings (SSSR count). The second-order valence-corrected chi connectivity index (χ2v) is 4.44. The lowest BCUT2D eigenvalue weighted by Crippen LogP contribution is -2.06. The number of rotatable bonds is 7. The molecule has 0 amide bonds. The molecule has 0 fully saturated rings. The number of non-ortho nitro benzene ring substituents is 1. The molecule has 18 heavy (non-hydrogen) atoms. The van der Waals surface area contributed by atoms with Crippen molar-refractivity contribution in [2.24, 2.45) is 5.92 Å². The molecule has 1 aromatic carbocycles. The van der Waals surface area contributed by atoms with E-state index in [1.807, 2.05) is 0 Å². The highest BCUT2D eigenvalue weighted by atomic mass is 19.1. The summed E-state index contributed by atoms with van der Waals surface area (Å²) in [5.74, 6) is -0.0551. The number of hydrogen-bond donors (Lipinski definition) is 0. The van der Waals surface area contributed by atoms with Crippen molar-refractivity contribution < 1.29 is 14.1 Å². The first-order chi connectivity index (χ1) is 8.54. The van der Waals surface area contributed by atoms with Crippen LogP contribution in [0, 0.1) is 21.8 Å². The molecule has 0 heterocycles. The first-order valence-electron chi connectivity index (χ1n) is 6.05. The van der Waals surface area contributed by atoms with Crippen molar-refractivity contribution >= 4 is 5.69 Å².